The normalized spacial score (nSPS) is 9.50. The number of carbonyl (C=O) groups is 2. The standard InChI is InChI=1S/C7H10O5/c1-10-6(8)4-3-5-12-7(9)11-2/h3-4H,5H2,1-2H3/b4-3-. The molecule has 0 heterocycles. The predicted molar refractivity (Wildman–Crippen MR) is 39.5 cm³/mol. The van der Waals surface area contributed by atoms with Crippen LogP contribution in [-0.4, -0.2) is 33.0 Å². The Balaban J connectivity index is 3.48. The van der Waals surface area contributed by atoms with Crippen molar-refractivity contribution in [2.24, 2.45) is 0 Å². The molecule has 0 unspecified atom stereocenters. The molecule has 0 saturated heterocycles. The molecule has 0 saturated carbocycles. The third-order valence-electron chi connectivity index (χ3n) is 0.919. The minimum Gasteiger partial charge on any atom is -0.466 e. The van der Waals surface area contributed by atoms with Crippen LogP contribution in [0.25, 0.3) is 0 Å². The summed E-state index contributed by atoms with van der Waals surface area (Å²) in [6, 6.07) is 0. The van der Waals surface area contributed by atoms with Gasteiger partial charge in [0.1, 0.15) is 6.61 Å². The Morgan fingerprint density at radius 1 is 1.25 bits per heavy atom. The lowest BCUT2D eigenvalue weighted by Crippen LogP contribution is -2.04. The van der Waals surface area contributed by atoms with Gasteiger partial charge < -0.3 is 14.2 Å². The summed E-state index contributed by atoms with van der Waals surface area (Å²) in [5.74, 6) is -0.497. The maximum Gasteiger partial charge on any atom is 0.508 e. The van der Waals surface area contributed by atoms with E-state index in [4.69, 9.17) is 0 Å². The largest absolute Gasteiger partial charge is 0.508 e. The number of rotatable bonds is 3. The Labute approximate surface area is 69.9 Å². The van der Waals surface area contributed by atoms with Crippen molar-refractivity contribution in [2.75, 3.05) is 20.8 Å². The fourth-order valence-corrected chi connectivity index (χ4v) is 0.387. The monoisotopic (exact) mass is 174 g/mol. The lowest BCUT2D eigenvalue weighted by Gasteiger charge is -1.97. The van der Waals surface area contributed by atoms with E-state index in [-0.39, 0.29) is 6.61 Å². The van der Waals surface area contributed by atoms with Crippen molar-refractivity contribution in [1.29, 1.82) is 0 Å². The minimum absolute atomic E-state index is 0.0121. The second-order valence-corrected chi connectivity index (χ2v) is 1.69. The topological polar surface area (TPSA) is 61.8 Å². The van der Waals surface area contributed by atoms with Crippen molar-refractivity contribution in [3.63, 3.8) is 0 Å². The lowest BCUT2D eigenvalue weighted by molar-refractivity contribution is -0.134. The van der Waals surface area contributed by atoms with Crippen LogP contribution >= 0.6 is 0 Å². The maximum atomic E-state index is 10.4. The summed E-state index contributed by atoms with van der Waals surface area (Å²) in [6.45, 7) is -0.0121. The van der Waals surface area contributed by atoms with Crippen molar-refractivity contribution >= 4 is 12.1 Å². The molecule has 0 fully saturated rings. The van der Waals surface area contributed by atoms with Gasteiger partial charge in [-0.25, -0.2) is 9.59 Å². The zero-order chi connectivity index (χ0) is 9.40. The first-order valence-electron chi connectivity index (χ1n) is 3.16. The molecule has 0 spiro atoms. The Bertz CT molecular complexity index is 184. The highest BCUT2D eigenvalue weighted by Gasteiger charge is 1.96. The Morgan fingerprint density at radius 2 is 1.92 bits per heavy atom. The second-order valence-electron chi connectivity index (χ2n) is 1.69. The zero-order valence-electron chi connectivity index (χ0n) is 6.90. The number of hydrogen-bond donors (Lipinski definition) is 0. The van der Waals surface area contributed by atoms with Gasteiger partial charge in [-0.2, -0.15) is 0 Å². The molecule has 12 heavy (non-hydrogen) atoms. The molecule has 68 valence electrons. The molecule has 0 amide bonds. The van der Waals surface area contributed by atoms with E-state index in [0.29, 0.717) is 0 Å². The van der Waals surface area contributed by atoms with Crippen LogP contribution in [0.2, 0.25) is 0 Å². The molecule has 0 N–H and O–H groups in total. The van der Waals surface area contributed by atoms with Crippen LogP contribution in [0.15, 0.2) is 12.2 Å². The number of hydrogen-bond acceptors (Lipinski definition) is 5. The van der Waals surface area contributed by atoms with E-state index in [1.807, 2.05) is 0 Å². The van der Waals surface area contributed by atoms with Gasteiger partial charge in [-0.15, -0.1) is 0 Å². The lowest BCUT2D eigenvalue weighted by atomic mass is 10.5. The smallest absolute Gasteiger partial charge is 0.466 e. The van der Waals surface area contributed by atoms with Crippen molar-refractivity contribution in [2.45, 2.75) is 0 Å². The van der Waals surface area contributed by atoms with Crippen LogP contribution in [0.1, 0.15) is 0 Å². The molecule has 0 rings (SSSR count). The number of methoxy groups -OCH3 is 2. The van der Waals surface area contributed by atoms with Gasteiger partial charge in [0.25, 0.3) is 0 Å². The van der Waals surface area contributed by atoms with E-state index >= 15 is 0 Å². The van der Waals surface area contributed by atoms with Crippen LogP contribution in [0, 0.1) is 0 Å². The molecule has 0 aliphatic heterocycles. The van der Waals surface area contributed by atoms with E-state index in [1.165, 1.54) is 20.3 Å². The highest BCUT2D eigenvalue weighted by Crippen LogP contribution is 1.84. The van der Waals surface area contributed by atoms with E-state index in [0.717, 1.165) is 6.08 Å². The van der Waals surface area contributed by atoms with Gasteiger partial charge in [0.2, 0.25) is 0 Å². The molecular weight excluding hydrogens is 164 g/mol. The summed E-state index contributed by atoms with van der Waals surface area (Å²) in [7, 11) is 2.46. The molecule has 0 radical (unpaired) electrons. The number of esters is 1. The summed E-state index contributed by atoms with van der Waals surface area (Å²) in [6.07, 6.45) is 1.72. The van der Waals surface area contributed by atoms with Crippen molar-refractivity contribution in [3.05, 3.63) is 12.2 Å². The average molecular weight is 174 g/mol. The highest BCUT2D eigenvalue weighted by atomic mass is 16.7. The van der Waals surface area contributed by atoms with Gasteiger partial charge >= 0.3 is 12.1 Å². The van der Waals surface area contributed by atoms with E-state index < -0.39 is 12.1 Å². The van der Waals surface area contributed by atoms with Gasteiger partial charge in [0.15, 0.2) is 0 Å². The van der Waals surface area contributed by atoms with Gasteiger partial charge in [0, 0.05) is 6.08 Å². The molecule has 0 atom stereocenters. The summed E-state index contributed by atoms with van der Waals surface area (Å²) >= 11 is 0. The second kappa shape index (κ2) is 6.21. The fourth-order valence-electron chi connectivity index (χ4n) is 0.387. The first-order valence-corrected chi connectivity index (χ1v) is 3.16. The quantitative estimate of drug-likeness (QED) is 0.460. The first kappa shape index (κ1) is 10.5. The zero-order valence-corrected chi connectivity index (χ0v) is 6.90. The molecule has 0 aliphatic carbocycles. The van der Waals surface area contributed by atoms with Crippen LogP contribution in [0.4, 0.5) is 4.79 Å². The van der Waals surface area contributed by atoms with Crippen LogP contribution < -0.4 is 0 Å². The molecular formula is C7H10O5. The summed E-state index contributed by atoms with van der Waals surface area (Å²) in [5.41, 5.74) is 0. The predicted octanol–water partition coefficient (Wildman–Crippen LogP) is 0.499. The number of carbonyl (C=O) groups excluding carboxylic acids is 2. The Morgan fingerprint density at radius 3 is 2.42 bits per heavy atom. The maximum absolute atomic E-state index is 10.4. The van der Waals surface area contributed by atoms with E-state index in [2.05, 4.69) is 14.2 Å². The molecule has 0 aromatic heterocycles. The molecule has 0 bridgehead atoms. The van der Waals surface area contributed by atoms with Gasteiger partial charge in [-0.3, -0.25) is 0 Å². The van der Waals surface area contributed by atoms with Crippen LogP contribution in [-0.2, 0) is 19.0 Å². The van der Waals surface area contributed by atoms with E-state index in [9.17, 15) is 9.59 Å². The SMILES string of the molecule is COC(=O)/C=C\COC(=O)OC. The highest BCUT2D eigenvalue weighted by molar-refractivity contribution is 5.81. The van der Waals surface area contributed by atoms with E-state index in [1.54, 1.807) is 0 Å². The third kappa shape index (κ3) is 5.28. The molecule has 0 aliphatic rings. The summed E-state index contributed by atoms with van der Waals surface area (Å²) < 4.78 is 12.9. The van der Waals surface area contributed by atoms with Gasteiger partial charge in [0.05, 0.1) is 14.2 Å². The summed E-state index contributed by atoms with van der Waals surface area (Å²) in [5, 5.41) is 0. The molecule has 5 heteroatoms. The van der Waals surface area contributed by atoms with Crippen molar-refractivity contribution < 1.29 is 23.8 Å². The minimum atomic E-state index is -0.787. The van der Waals surface area contributed by atoms with Gasteiger partial charge in [-0.1, -0.05) is 0 Å². The van der Waals surface area contributed by atoms with Crippen LogP contribution in [0.3, 0.4) is 0 Å². The average Bonchev–Trinajstić information content (AvgIpc) is 2.11. The van der Waals surface area contributed by atoms with Crippen LogP contribution in [0.5, 0.6) is 0 Å². The third-order valence-corrected chi connectivity index (χ3v) is 0.919. The molecule has 5 nitrogen and oxygen atoms in total. The molecule has 0 aromatic rings. The Hall–Kier alpha value is -1.52. The first-order chi connectivity index (χ1) is 5.70. The summed E-state index contributed by atoms with van der Waals surface area (Å²) in [4.78, 5) is 20.8. The Kier molecular flexibility index (Phi) is 5.42. The fraction of sp³-hybridized carbons (Fsp3) is 0.429. The molecule has 0 aromatic carbocycles. The van der Waals surface area contributed by atoms with Gasteiger partial charge in [-0.05, 0) is 6.08 Å². The number of ether oxygens (including phenoxy) is 3. The van der Waals surface area contributed by atoms with Crippen molar-refractivity contribution in [1.82, 2.24) is 0 Å². The van der Waals surface area contributed by atoms with Crippen molar-refractivity contribution in [3.8, 4) is 0 Å².